The third-order valence-electron chi connectivity index (χ3n) is 5.20. The van der Waals surface area contributed by atoms with E-state index < -0.39 is 21.9 Å². The number of hydrogen-bond acceptors (Lipinski definition) is 6. The Hall–Kier alpha value is -2.59. The van der Waals surface area contributed by atoms with Crippen molar-refractivity contribution in [2.75, 3.05) is 42.7 Å². The van der Waals surface area contributed by atoms with Gasteiger partial charge in [0.15, 0.2) is 16.1 Å². The number of hydroxylamine groups is 1. The Bertz CT molecular complexity index is 1040. The molecular weight excluding hydrogens is 385 g/mol. The van der Waals surface area contributed by atoms with Crippen LogP contribution in [0, 0.1) is 11.0 Å². The van der Waals surface area contributed by atoms with Crippen LogP contribution in [-0.2, 0) is 16.9 Å². The van der Waals surface area contributed by atoms with Gasteiger partial charge < -0.3 is 14.7 Å². The average molecular weight is 407 g/mol. The number of halogens is 1. The van der Waals surface area contributed by atoms with Gasteiger partial charge in [-0.2, -0.15) is 4.74 Å². The summed E-state index contributed by atoms with van der Waals surface area (Å²) in [5.74, 6) is 0.308. The molecule has 0 amide bonds. The normalized spacial score (nSPS) is 20.5. The molecule has 1 N–H and O–H groups in total. The van der Waals surface area contributed by atoms with Crippen molar-refractivity contribution in [3.05, 3.63) is 47.1 Å². The minimum atomic E-state index is -3.55. The summed E-state index contributed by atoms with van der Waals surface area (Å²) >= 11 is 0. The number of aryl methyl sites for hydroxylation is 1. The van der Waals surface area contributed by atoms with Gasteiger partial charge in [-0.25, -0.2) is 17.7 Å². The Labute approximate surface area is 163 Å². The van der Waals surface area contributed by atoms with Gasteiger partial charge in [-0.1, -0.05) is 0 Å². The Kier molecular flexibility index (Phi) is 4.54. The number of aromatic nitrogens is 1. The van der Waals surface area contributed by atoms with Crippen LogP contribution in [0.15, 0.2) is 35.4 Å². The molecular formula is C18H22FN5O3S. The SMILES string of the molecule is Cn1ccc2c1NC(N1CCN(c3ccc(F)cc3S(C)(=O)=O)CC1)[N+]([O-])=C2. The highest BCUT2D eigenvalue weighted by atomic mass is 32.2. The lowest BCUT2D eigenvalue weighted by Gasteiger charge is -2.39. The van der Waals surface area contributed by atoms with E-state index in [1.165, 1.54) is 12.1 Å². The maximum atomic E-state index is 13.6. The molecule has 2 aliphatic rings. The molecule has 28 heavy (non-hydrogen) atoms. The van der Waals surface area contributed by atoms with Crippen molar-refractivity contribution in [3.63, 3.8) is 0 Å². The van der Waals surface area contributed by atoms with E-state index in [0.717, 1.165) is 28.4 Å². The molecule has 1 saturated heterocycles. The van der Waals surface area contributed by atoms with E-state index in [-0.39, 0.29) is 4.90 Å². The number of sulfone groups is 1. The predicted molar refractivity (Wildman–Crippen MR) is 105 cm³/mol. The Morgan fingerprint density at radius 3 is 2.61 bits per heavy atom. The second-order valence-electron chi connectivity index (χ2n) is 7.14. The van der Waals surface area contributed by atoms with Crippen molar-refractivity contribution in [1.82, 2.24) is 9.47 Å². The van der Waals surface area contributed by atoms with Crippen LogP contribution >= 0.6 is 0 Å². The van der Waals surface area contributed by atoms with Crippen molar-refractivity contribution in [3.8, 4) is 0 Å². The number of rotatable bonds is 3. The van der Waals surface area contributed by atoms with Crippen molar-refractivity contribution >= 4 is 27.6 Å². The second kappa shape index (κ2) is 6.78. The van der Waals surface area contributed by atoms with E-state index in [1.807, 2.05) is 33.7 Å². The zero-order valence-corrected chi connectivity index (χ0v) is 16.5. The monoisotopic (exact) mass is 407 g/mol. The lowest BCUT2D eigenvalue weighted by atomic mass is 10.2. The Morgan fingerprint density at radius 2 is 1.93 bits per heavy atom. The van der Waals surface area contributed by atoms with Gasteiger partial charge >= 0.3 is 0 Å². The summed E-state index contributed by atoms with van der Waals surface area (Å²) in [5, 5.41) is 15.7. The summed E-state index contributed by atoms with van der Waals surface area (Å²) in [6.45, 7) is 2.18. The number of hydrogen-bond donors (Lipinski definition) is 1. The van der Waals surface area contributed by atoms with E-state index >= 15 is 0 Å². The van der Waals surface area contributed by atoms with E-state index in [2.05, 4.69) is 5.32 Å². The first-order valence-corrected chi connectivity index (χ1v) is 10.8. The van der Waals surface area contributed by atoms with Crippen molar-refractivity contribution in [2.45, 2.75) is 11.2 Å². The summed E-state index contributed by atoms with van der Waals surface area (Å²) in [6.07, 6.45) is 4.02. The van der Waals surface area contributed by atoms with E-state index in [1.54, 1.807) is 6.21 Å². The summed E-state index contributed by atoms with van der Waals surface area (Å²) in [5.41, 5.74) is 1.34. The van der Waals surface area contributed by atoms with Crippen LogP contribution in [0.5, 0.6) is 0 Å². The first-order valence-electron chi connectivity index (χ1n) is 8.95. The molecule has 150 valence electrons. The van der Waals surface area contributed by atoms with E-state index in [0.29, 0.717) is 31.9 Å². The molecule has 2 aromatic rings. The molecule has 1 unspecified atom stereocenters. The molecule has 3 heterocycles. The number of piperazine rings is 1. The second-order valence-corrected chi connectivity index (χ2v) is 9.13. The molecule has 1 aromatic carbocycles. The molecule has 0 saturated carbocycles. The van der Waals surface area contributed by atoms with Crippen LogP contribution in [0.3, 0.4) is 0 Å². The van der Waals surface area contributed by atoms with Crippen LogP contribution in [0.1, 0.15) is 5.56 Å². The van der Waals surface area contributed by atoms with Crippen LogP contribution in [0.2, 0.25) is 0 Å². The predicted octanol–water partition coefficient (Wildman–Crippen LogP) is 1.03. The summed E-state index contributed by atoms with van der Waals surface area (Å²) < 4.78 is 40.5. The molecule has 0 bridgehead atoms. The average Bonchev–Trinajstić information content (AvgIpc) is 3.00. The molecule has 8 nitrogen and oxygen atoms in total. The molecule has 0 spiro atoms. The molecule has 4 rings (SSSR count). The van der Waals surface area contributed by atoms with Crippen LogP contribution in [-0.4, -0.2) is 67.6 Å². The topological polar surface area (TPSA) is 83.7 Å². The maximum absolute atomic E-state index is 13.6. The van der Waals surface area contributed by atoms with Gasteiger partial charge in [0.05, 0.1) is 16.1 Å². The van der Waals surface area contributed by atoms with Crippen LogP contribution in [0.25, 0.3) is 0 Å². The van der Waals surface area contributed by atoms with Gasteiger partial charge in [0, 0.05) is 45.7 Å². The smallest absolute Gasteiger partial charge is 0.299 e. The fraction of sp³-hybridized carbons (Fsp3) is 0.389. The van der Waals surface area contributed by atoms with Crippen LogP contribution < -0.4 is 10.2 Å². The zero-order valence-electron chi connectivity index (χ0n) is 15.7. The van der Waals surface area contributed by atoms with Crippen LogP contribution in [0.4, 0.5) is 15.9 Å². The number of nitrogens with one attached hydrogen (secondary N) is 1. The summed E-state index contributed by atoms with van der Waals surface area (Å²) in [6, 6.07) is 5.71. The third kappa shape index (κ3) is 3.33. The Morgan fingerprint density at radius 1 is 1.21 bits per heavy atom. The van der Waals surface area contributed by atoms with Gasteiger partial charge in [0.1, 0.15) is 11.6 Å². The third-order valence-corrected chi connectivity index (χ3v) is 6.33. The van der Waals surface area contributed by atoms with E-state index in [4.69, 9.17) is 0 Å². The quantitative estimate of drug-likeness (QED) is 0.604. The first-order chi connectivity index (χ1) is 13.2. The standard InChI is InChI=1S/C18H22FN5O3S/c1-21-6-5-13-12-24(25)18(20-17(13)21)23-9-7-22(8-10-23)15-4-3-14(19)11-16(15)28(2,26)27/h3-6,11-12,18,20H,7-10H2,1-2H3. The molecule has 2 aliphatic heterocycles. The molecule has 0 aliphatic carbocycles. The minimum absolute atomic E-state index is 0.0102. The minimum Gasteiger partial charge on any atom is -0.621 e. The fourth-order valence-electron chi connectivity index (χ4n) is 3.74. The summed E-state index contributed by atoms with van der Waals surface area (Å²) in [7, 11) is -1.64. The molecule has 1 fully saturated rings. The molecule has 1 atom stereocenters. The number of anilines is 2. The molecule has 1 aromatic heterocycles. The number of fused-ring (bicyclic) bond motifs is 1. The number of benzene rings is 1. The zero-order chi connectivity index (χ0) is 20.1. The van der Waals surface area contributed by atoms with Gasteiger partial charge in [0.2, 0.25) is 0 Å². The highest BCUT2D eigenvalue weighted by Gasteiger charge is 2.33. The van der Waals surface area contributed by atoms with Gasteiger partial charge in [-0.05, 0) is 24.3 Å². The van der Waals surface area contributed by atoms with Crippen molar-refractivity contribution in [2.24, 2.45) is 7.05 Å². The lowest BCUT2D eigenvalue weighted by molar-refractivity contribution is -0.519. The molecule has 0 radical (unpaired) electrons. The lowest BCUT2D eigenvalue weighted by Crippen LogP contribution is -2.57. The summed E-state index contributed by atoms with van der Waals surface area (Å²) in [4.78, 5) is 3.92. The van der Waals surface area contributed by atoms with Gasteiger partial charge in [-0.3, -0.25) is 5.32 Å². The van der Waals surface area contributed by atoms with Crippen molar-refractivity contribution < 1.29 is 17.5 Å². The highest BCUT2D eigenvalue weighted by Crippen LogP contribution is 2.28. The Balaban J connectivity index is 1.51. The first kappa shape index (κ1) is 18.8. The van der Waals surface area contributed by atoms with Gasteiger partial charge in [-0.15, -0.1) is 0 Å². The van der Waals surface area contributed by atoms with Gasteiger partial charge in [0.25, 0.3) is 6.29 Å². The highest BCUT2D eigenvalue weighted by molar-refractivity contribution is 7.90. The van der Waals surface area contributed by atoms with E-state index in [9.17, 15) is 18.0 Å². The fourth-order valence-corrected chi connectivity index (χ4v) is 4.64. The number of nitrogens with zero attached hydrogens (tertiary/aromatic N) is 4. The molecule has 10 heteroatoms. The maximum Gasteiger partial charge on any atom is 0.299 e. The largest absolute Gasteiger partial charge is 0.621 e. The van der Waals surface area contributed by atoms with Crippen molar-refractivity contribution in [1.29, 1.82) is 0 Å².